The van der Waals surface area contributed by atoms with E-state index in [4.69, 9.17) is 4.74 Å². The quantitative estimate of drug-likeness (QED) is 0.676. The van der Waals surface area contributed by atoms with Crippen molar-refractivity contribution in [3.8, 4) is 5.75 Å². The van der Waals surface area contributed by atoms with Gasteiger partial charge < -0.3 is 4.74 Å². The van der Waals surface area contributed by atoms with Crippen LogP contribution < -0.4 is 4.74 Å². The summed E-state index contributed by atoms with van der Waals surface area (Å²) in [6, 6.07) is 18.0. The first-order valence-electron chi connectivity index (χ1n) is 8.25. The molecular weight excluding hydrogens is 284 g/mol. The molecular formula is C21H26O2. The highest BCUT2D eigenvalue weighted by Gasteiger charge is 2.18. The van der Waals surface area contributed by atoms with E-state index < -0.39 is 0 Å². The highest BCUT2D eigenvalue weighted by Crippen LogP contribution is 2.30. The summed E-state index contributed by atoms with van der Waals surface area (Å²) < 4.78 is 5.91. The van der Waals surface area contributed by atoms with Crippen LogP contribution in [0.5, 0.6) is 5.75 Å². The van der Waals surface area contributed by atoms with Crippen LogP contribution in [-0.2, 0) is 16.6 Å². The second-order valence-corrected chi connectivity index (χ2v) is 6.90. The summed E-state index contributed by atoms with van der Waals surface area (Å²) in [6.45, 7) is 7.11. The molecule has 0 aromatic heterocycles. The van der Waals surface area contributed by atoms with Crippen molar-refractivity contribution in [1.29, 1.82) is 0 Å². The molecule has 0 bridgehead atoms. The summed E-state index contributed by atoms with van der Waals surface area (Å²) in [6.07, 6.45) is 1.83. The van der Waals surface area contributed by atoms with Gasteiger partial charge in [0.05, 0.1) is 6.61 Å². The molecule has 0 aliphatic heterocycles. The molecule has 2 aromatic rings. The highest BCUT2D eigenvalue weighted by molar-refractivity contribution is 5.80. The Labute approximate surface area is 139 Å². The Morgan fingerprint density at radius 2 is 1.61 bits per heavy atom. The molecule has 0 saturated carbocycles. The molecule has 0 fully saturated rings. The molecule has 0 spiro atoms. The van der Waals surface area contributed by atoms with E-state index in [1.54, 1.807) is 0 Å². The van der Waals surface area contributed by atoms with Crippen molar-refractivity contribution >= 4 is 5.78 Å². The van der Waals surface area contributed by atoms with Gasteiger partial charge in [-0.2, -0.15) is 0 Å². The fraction of sp³-hybridized carbons (Fsp3) is 0.381. The number of ketones is 1. The fourth-order valence-electron chi connectivity index (χ4n) is 2.58. The molecule has 2 heteroatoms. The zero-order chi connectivity index (χ0) is 16.7. The number of benzene rings is 2. The molecule has 0 N–H and O–H groups in total. The molecule has 0 amide bonds. The van der Waals surface area contributed by atoms with Crippen LogP contribution in [0, 0.1) is 0 Å². The Hall–Kier alpha value is -2.09. The fourth-order valence-corrected chi connectivity index (χ4v) is 2.58. The van der Waals surface area contributed by atoms with E-state index in [1.165, 1.54) is 5.56 Å². The maximum atomic E-state index is 12.0. The van der Waals surface area contributed by atoms with E-state index in [0.717, 1.165) is 17.7 Å². The van der Waals surface area contributed by atoms with Crippen molar-refractivity contribution in [2.45, 2.75) is 45.4 Å². The third-order valence-electron chi connectivity index (χ3n) is 3.80. The Morgan fingerprint density at radius 1 is 0.957 bits per heavy atom. The first-order chi connectivity index (χ1) is 11.0. The minimum Gasteiger partial charge on any atom is -0.493 e. The Kier molecular flexibility index (Phi) is 5.97. The lowest BCUT2D eigenvalue weighted by atomic mass is 9.86. The second-order valence-electron chi connectivity index (χ2n) is 6.90. The van der Waals surface area contributed by atoms with Gasteiger partial charge in [-0.1, -0.05) is 69.3 Å². The number of carbonyl (C=O) groups excluding carboxylic acids is 1. The molecule has 0 aliphatic carbocycles. The van der Waals surface area contributed by atoms with Crippen LogP contribution in [-0.4, -0.2) is 12.4 Å². The predicted molar refractivity (Wildman–Crippen MR) is 95.0 cm³/mol. The Balaban J connectivity index is 1.79. The summed E-state index contributed by atoms with van der Waals surface area (Å²) in [5, 5.41) is 0. The topological polar surface area (TPSA) is 26.3 Å². The molecule has 0 saturated heterocycles. The van der Waals surface area contributed by atoms with Gasteiger partial charge in [-0.15, -0.1) is 0 Å². The van der Waals surface area contributed by atoms with E-state index in [1.807, 2.05) is 48.5 Å². The number of Topliss-reactive ketones (excluding diaryl/α,β-unsaturated/α-hetero) is 1. The van der Waals surface area contributed by atoms with E-state index in [9.17, 15) is 4.79 Å². The van der Waals surface area contributed by atoms with Gasteiger partial charge >= 0.3 is 0 Å². The zero-order valence-corrected chi connectivity index (χ0v) is 14.3. The monoisotopic (exact) mass is 310 g/mol. The summed E-state index contributed by atoms with van der Waals surface area (Å²) >= 11 is 0. The minimum atomic E-state index is 0.0553. The normalized spacial score (nSPS) is 11.3. The smallest absolute Gasteiger partial charge is 0.137 e. The summed E-state index contributed by atoms with van der Waals surface area (Å²) in [5.74, 6) is 1.19. The molecule has 0 heterocycles. The lowest BCUT2D eigenvalue weighted by molar-refractivity contribution is -0.118. The van der Waals surface area contributed by atoms with Crippen LogP contribution in [0.3, 0.4) is 0 Å². The van der Waals surface area contributed by atoms with Crippen molar-refractivity contribution in [3.05, 3.63) is 65.7 Å². The third kappa shape index (κ3) is 5.55. The van der Waals surface area contributed by atoms with Gasteiger partial charge in [-0.05, 0) is 29.0 Å². The number of hydrogen-bond donors (Lipinski definition) is 0. The second kappa shape index (κ2) is 7.96. The highest BCUT2D eigenvalue weighted by atomic mass is 16.5. The van der Waals surface area contributed by atoms with E-state index in [-0.39, 0.29) is 11.2 Å². The van der Waals surface area contributed by atoms with Gasteiger partial charge in [0.2, 0.25) is 0 Å². The first-order valence-corrected chi connectivity index (χ1v) is 8.25. The van der Waals surface area contributed by atoms with E-state index >= 15 is 0 Å². The van der Waals surface area contributed by atoms with Crippen molar-refractivity contribution < 1.29 is 9.53 Å². The van der Waals surface area contributed by atoms with Crippen LogP contribution >= 0.6 is 0 Å². The molecule has 0 aliphatic rings. The average Bonchev–Trinajstić information content (AvgIpc) is 2.52. The number of ether oxygens (including phenoxy) is 1. The maximum Gasteiger partial charge on any atom is 0.137 e. The predicted octanol–water partition coefficient (Wildman–Crippen LogP) is 4.95. The number of carbonyl (C=O) groups is 1. The van der Waals surface area contributed by atoms with Gasteiger partial charge in [0, 0.05) is 12.8 Å². The maximum absolute atomic E-state index is 12.0. The Bertz CT molecular complexity index is 624. The SMILES string of the molecule is CC(C)(C)c1ccccc1OCCCC(=O)Cc1ccccc1. The van der Waals surface area contributed by atoms with E-state index in [0.29, 0.717) is 19.4 Å². The van der Waals surface area contributed by atoms with Crippen LogP contribution in [0.2, 0.25) is 0 Å². The summed E-state index contributed by atoms with van der Waals surface area (Å²) in [4.78, 5) is 12.0. The number of rotatable bonds is 7. The van der Waals surface area contributed by atoms with E-state index in [2.05, 4.69) is 26.8 Å². The summed E-state index contributed by atoms with van der Waals surface area (Å²) in [7, 11) is 0. The van der Waals surface area contributed by atoms with Crippen molar-refractivity contribution in [2.75, 3.05) is 6.61 Å². The molecule has 122 valence electrons. The zero-order valence-electron chi connectivity index (χ0n) is 14.3. The van der Waals surface area contributed by atoms with Gasteiger partial charge in [-0.25, -0.2) is 0 Å². The van der Waals surface area contributed by atoms with Crippen molar-refractivity contribution in [2.24, 2.45) is 0 Å². The third-order valence-corrected chi connectivity index (χ3v) is 3.80. The lowest BCUT2D eigenvalue weighted by Crippen LogP contribution is -2.14. The Morgan fingerprint density at radius 3 is 2.30 bits per heavy atom. The van der Waals surface area contributed by atoms with Crippen LogP contribution in [0.1, 0.15) is 44.7 Å². The molecule has 0 atom stereocenters. The molecule has 2 aromatic carbocycles. The standard InChI is InChI=1S/C21H26O2/c1-21(2,3)19-13-7-8-14-20(19)23-15-9-12-18(22)16-17-10-5-4-6-11-17/h4-8,10-11,13-14H,9,12,15-16H2,1-3H3. The van der Waals surface area contributed by atoms with Gasteiger partial charge in [0.1, 0.15) is 11.5 Å². The lowest BCUT2D eigenvalue weighted by Gasteiger charge is -2.22. The van der Waals surface area contributed by atoms with Gasteiger partial charge in [0.15, 0.2) is 0 Å². The first kappa shape index (κ1) is 17.3. The van der Waals surface area contributed by atoms with Crippen LogP contribution in [0.15, 0.2) is 54.6 Å². The molecule has 2 nitrogen and oxygen atoms in total. The number of hydrogen-bond acceptors (Lipinski definition) is 2. The summed E-state index contributed by atoms with van der Waals surface area (Å²) in [5.41, 5.74) is 2.34. The molecule has 0 unspecified atom stereocenters. The minimum absolute atomic E-state index is 0.0553. The van der Waals surface area contributed by atoms with Crippen LogP contribution in [0.4, 0.5) is 0 Å². The van der Waals surface area contributed by atoms with Gasteiger partial charge in [0.25, 0.3) is 0 Å². The number of para-hydroxylation sites is 1. The van der Waals surface area contributed by atoms with Crippen molar-refractivity contribution in [1.82, 2.24) is 0 Å². The van der Waals surface area contributed by atoms with Crippen LogP contribution in [0.25, 0.3) is 0 Å². The largest absolute Gasteiger partial charge is 0.493 e. The average molecular weight is 310 g/mol. The molecule has 0 radical (unpaired) electrons. The van der Waals surface area contributed by atoms with Crippen molar-refractivity contribution in [3.63, 3.8) is 0 Å². The molecule has 2 rings (SSSR count). The molecule has 23 heavy (non-hydrogen) atoms. The van der Waals surface area contributed by atoms with Gasteiger partial charge in [-0.3, -0.25) is 4.79 Å².